The first kappa shape index (κ1) is 18.7. The van der Waals surface area contributed by atoms with Crippen molar-refractivity contribution in [3.8, 4) is 5.75 Å². The summed E-state index contributed by atoms with van der Waals surface area (Å²) in [5.74, 6) is 0.388. The van der Waals surface area contributed by atoms with Crippen LogP contribution in [0.1, 0.15) is 38.5 Å². The molecule has 1 saturated heterocycles. The van der Waals surface area contributed by atoms with Gasteiger partial charge in [-0.3, -0.25) is 14.9 Å². The Morgan fingerprint density at radius 3 is 2.44 bits per heavy atom. The number of nitrogens with zero attached hydrogens (tertiary/aromatic N) is 1. The summed E-state index contributed by atoms with van der Waals surface area (Å²) in [6.07, 6.45) is -1.02. The molecule has 3 aliphatic rings. The molecule has 0 spiro atoms. The fraction of sp³-hybridized carbons (Fsp3) is 0.500. The van der Waals surface area contributed by atoms with Crippen molar-refractivity contribution in [2.24, 2.45) is 5.41 Å². The molecule has 25 heavy (non-hydrogen) atoms. The summed E-state index contributed by atoms with van der Waals surface area (Å²) in [7, 11) is 0. The number of fused-ring (bicyclic) bond motifs is 5. The molecule has 2 bridgehead atoms. The van der Waals surface area contributed by atoms with Crippen LogP contribution < -0.4 is 10.1 Å². The number of aliphatic hydroxyl groups is 1. The lowest BCUT2D eigenvalue weighted by Gasteiger charge is -2.45. The van der Waals surface area contributed by atoms with Gasteiger partial charge in [0.05, 0.1) is 15.9 Å². The molecule has 3 unspecified atom stereocenters. The van der Waals surface area contributed by atoms with Gasteiger partial charge in [0.15, 0.2) is 0 Å². The molecule has 3 aliphatic heterocycles. The second-order valence-electron chi connectivity index (χ2n) is 6.00. The van der Waals surface area contributed by atoms with Crippen LogP contribution in [-0.2, 0) is 9.53 Å². The minimum atomic E-state index is -1.49. The maximum absolute atomic E-state index is 11.1. The van der Waals surface area contributed by atoms with Crippen molar-refractivity contribution >= 4 is 12.1 Å². The normalized spacial score (nSPS) is 26.7. The van der Waals surface area contributed by atoms with E-state index in [2.05, 4.69) is 14.8 Å². The Morgan fingerprint density at radius 2 is 1.96 bits per heavy atom. The van der Waals surface area contributed by atoms with Crippen molar-refractivity contribution in [2.45, 2.75) is 39.0 Å². The molecule has 0 radical (unpaired) electrons. The molecule has 2 N–H and O–H groups in total. The topological polar surface area (TPSA) is 128 Å². The van der Waals surface area contributed by atoms with Gasteiger partial charge in [0, 0.05) is 12.6 Å². The second-order valence-corrected chi connectivity index (χ2v) is 6.00. The van der Waals surface area contributed by atoms with E-state index in [0.717, 1.165) is 6.42 Å². The zero-order chi connectivity index (χ0) is 18.6. The van der Waals surface area contributed by atoms with E-state index >= 15 is 0 Å². The molecule has 9 heteroatoms. The van der Waals surface area contributed by atoms with Gasteiger partial charge >= 0.3 is 12.4 Å². The molecule has 1 aromatic rings. The molecule has 0 aromatic heterocycles. The SMILES string of the molecule is CCC1NC(=O)C1(C)CCO.O=C1Oc2ccc(cc2)C([N+](=O)[O-])O1. The number of aliphatic hydroxyl groups excluding tert-OH is 1. The minimum absolute atomic E-state index is 0.0819. The average molecular weight is 352 g/mol. The van der Waals surface area contributed by atoms with Crippen molar-refractivity contribution in [3.63, 3.8) is 0 Å². The monoisotopic (exact) mass is 352 g/mol. The summed E-state index contributed by atoms with van der Waals surface area (Å²) in [5, 5.41) is 22.1. The Morgan fingerprint density at radius 1 is 1.32 bits per heavy atom. The Labute approximate surface area is 144 Å². The number of carbonyl (C=O) groups is 2. The summed E-state index contributed by atoms with van der Waals surface area (Å²) < 4.78 is 9.09. The molecule has 3 heterocycles. The van der Waals surface area contributed by atoms with Crippen LogP contribution >= 0.6 is 0 Å². The van der Waals surface area contributed by atoms with E-state index < -0.39 is 17.3 Å². The smallest absolute Gasteiger partial charge is 0.396 e. The maximum Gasteiger partial charge on any atom is 0.519 e. The van der Waals surface area contributed by atoms with Gasteiger partial charge < -0.3 is 19.9 Å². The van der Waals surface area contributed by atoms with Crippen LogP contribution in [0.15, 0.2) is 24.3 Å². The summed E-state index contributed by atoms with van der Waals surface area (Å²) >= 11 is 0. The molecule has 0 saturated carbocycles. The van der Waals surface area contributed by atoms with E-state index in [4.69, 9.17) is 5.11 Å². The molecule has 9 nitrogen and oxygen atoms in total. The number of hydrogen-bond donors (Lipinski definition) is 2. The molecule has 0 aliphatic carbocycles. The Bertz CT molecular complexity index is 661. The van der Waals surface area contributed by atoms with Gasteiger partial charge in [-0.1, -0.05) is 6.92 Å². The molecule has 1 fully saturated rings. The van der Waals surface area contributed by atoms with E-state index in [-0.39, 0.29) is 24.0 Å². The highest BCUT2D eigenvalue weighted by molar-refractivity contribution is 5.89. The highest BCUT2D eigenvalue weighted by Crippen LogP contribution is 2.35. The van der Waals surface area contributed by atoms with Crippen LogP contribution in [0.5, 0.6) is 5.75 Å². The number of nitrogens with one attached hydrogen (secondary N) is 1. The van der Waals surface area contributed by atoms with Gasteiger partial charge in [0.2, 0.25) is 5.91 Å². The van der Waals surface area contributed by atoms with Crippen molar-refractivity contribution in [3.05, 3.63) is 39.9 Å². The van der Waals surface area contributed by atoms with Crippen LogP contribution in [0.25, 0.3) is 0 Å². The fourth-order valence-corrected chi connectivity index (χ4v) is 2.78. The number of hydrogen-bond acceptors (Lipinski definition) is 7. The van der Waals surface area contributed by atoms with Crippen LogP contribution in [-0.4, -0.2) is 34.7 Å². The number of amides is 1. The largest absolute Gasteiger partial charge is 0.519 e. The van der Waals surface area contributed by atoms with E-state index in [9.17, 15) is 19.7 Å². The first-order valence-electron chi connectivity index (χ1n) is 7.85. The molecule has 1 amide bonds. The van der Waals surface area contributed by atoms with Crippen molar-refractivity contribution in [1.82, 2.24) is 5.32 Å². The molecule has 3 atom stereocenters. The highest BCUT2D eigenvalue weighted by atomic mass is 16.8. The van der Waals surface area contributed by atoms with Gasteiger partial charge in [0.1, 0.15) is 5.75 Å². The van der Waals surface area contributed by atoms with Crippen molar-refractivity contribution in [1.29, 1.82) is 0 Å². The van der Waals surface area contributed by atoms with Crippen LogP contribution in [0.3, 0.4) is 0 Å². The van der Waals surface area contributed by atoms with E-state index in [1.807, 2.05) is 13.8 Å². The van der Waals surface area contributed by atoms with Crippen LogP contribution in [0.2, 0.25) is 0 Å². The van der Waals surface area contributed by atoms with Crippen molar-refractivity contribution < 1.29 is 29.1 Å². The van der Waals surface area contributed by atoms with Gasteiger partial charge in [-0.25, -0.2) is 4.79 Å². The Balaban J connectivity index is 0.000000186. The number of ether oxygens (including phenoxy) is 2. The number of carbonyl (C=O) groups excluding carboxylic acids is 2. The molecular formula is C16H20N2O7. The Hall–Kier alpha value is -2.68. The quantitative estimate of drug-likeness (QED) is 0.278. The number of β-lactam (4-membered cyclic amide) rings is 1. The maximum atomic E-state index is 11.1. The molecular weight excluding hydrogens is 332 g/mol. The average Bonchev–Trinajstić information content (AvgIpc) is 2.56. The summed E-state index contributed by atoms with van der Waals surface area (Å²) in [4.78, 5) is 31.8. The van der Waals surface area contributed by atoms with Crippen molar-refractivity contribution in [2.75, 3.05) is 6.61 Å². The highest BCUT2D eigenvalue weighted by Gasteiger charge is 2.49. The van der Waals surface area contributed by atoms with Gasteiger partial charge in [-0.05, 0) is 44.0 Å². The molecule has 4 rings (SSSR count). The molecule has 136 valence electrons. The van der Waals surface area contributed by atoms with Gasteiger partial charge in [0.25, 0.3) is 0 Å². The first-order chi connectivity index (χ1) is 11.8. The summed E-state index contributed by atoms with van der Waals surface area (Å²) in [6, 6.07) is 6.19. The van der Waals surface area contributed by atoms with E-state index in [0.29, 0.717) is 17.7 Å². The third kappa shape index (κ3) is 3.87. The predicted molar refractivity (Wildman–Crippen MR) is 85.3 cm³/mol. The lowest BCUT2D eigenvalue weighted by atomic mass is 9.71. The zero-order valence-corrected chi connectivity index (χ0v) is 13.9. The fourth-order valence-electron chi connectivity index (χ4n) is 2.78. The third-order valence-corrected chi connectivity index (χ3v) is 4.40. The zero-order valence-electron chi connectivity index (χ0n) is 13.9. The lowest BCUT2D eigenvalue weighted by Crippen LogP contribution is -2.65. The first-order valence-corrected chi connectivity index (χ1v) is 7.85. The number of nitro groups is 1. The standard InChI is InChI=1S/C8H5NO5.C8H15NO2/c10-8-13-6-3-1-5(2-4-6)7(14-8)9(11)12;1-3-6-8(2,4-5-10)7(11)9-6/h1-4,7H;6,10H,3-5H2,1-2H3,(H,9,11). The number of rotatable bonds is 4. The van der Waals surface area contributed by atoms with Crippen LogP contribution in [0.4, 0.5) is 4.79 Å². The summed E-state index contributed by atoms with van der Waals surface area (Å²) in [5.41, 5.74) is 0.0131. The Kier molecular flexibility index (Phi) is 5.58. The van der Waals surface area contributed by atoms with E-state index in [1.165, 1.54) is 24.3 Å². The van der Waals surface area contributed by atoms with Gasteiger partial charge in [-0.15, -0.1) is 0 Å². The van der Waals surface area contributed by atoms with Crippen LogP contribution in [0, 0.1) is 15.5 Å². The minimum Gasteiger partial charge on any atom is -0.396 e. The predicted octanol–water partition coefficient (Wildman–Crippen LogP) is 1.77. The number of benzene rings is 1. The summed E-state index contributed by atoms with van der Waals surface area (Å²) in [6.45, 7) is 4.05. The lowest BCUT2D eigenvalue weighted by molar-refractivity contribution is -0.575. The van der Waals surface area contributed by atoms with E-state index in [1.54, 1.807) is 0 Å². The second kappa shape index (κ2) is 7.47. The third-order valence-electron chi connectivity index (χ3n) is 4.40. The molecule has 1 aromatic carbocycles. The van der Waals surface area contributed by atoms with Gasteiger partial charge in [-0.2, -0.15) is 0 Å².